The molecule has 1 aromatic heterocycles. The van der Waals surface area contributed by atoms with Crippen LogP contribution in [0.4, 0.5) is 4.39 Å². The molecular formula is C33H53FN2O. The first-order valence-corrected chi connectivity index (χ1v) is 15.4. The molecule has 0 saturated carbocycles. The molecule has 0 aliphatic heterocycles. The lowest BCUT2D eigenvalue weighted by Gasteiger charge is -2.10. The summed E-state index contributed by atoms with van der Waals surface area (Å²) in [6.45, 7) is 4.91. The highest BCUT2D eigenvalue weighted by molar-refractivity contribution is 5.55. The van der Waals surface area contributed by atoms with E-state index in [1.165, 1.54) is 95.5 Å². The molecule has 0 spiro atoms. The number of ether oxygens (including phenoxy) is 1. The summed E-state index contributed by atoms with van der Waals surface area (Å²) in [6.07, 6.45) is 26.1. The highest BCUT2D eigenvalue weighted by atomic mass is 19.1. The molecule has 1 aromatic carbocycles. The van der Waals surface area contributed by atoms with E-state index >= 15 is 0 Å². The number of benzene rings is 1. The zero-order valence-corrected chi connectivity index (χ0v) is 23.9. The summed E-state index contributed by atoms with van der Waals surface area (Å²) in [5.41, 5.74) is 2.19. The molecule has 2 aromatic rings. The molecule has 0 aliphatic carbocycles. The molecule has 0 aliphatic rings. The molecule has 2 rings (SSSR count). The Hall–Kier alpha value is -1.97. The van der Waals surface area contributed by atoms with Crippen LogP contribution in [0, 0.1) is 0 Å². The molecule has 37 heavy (non-hydrogen) atoms. The van der Waals surface area contributed by atoms with Gasteiger partial charge in [0, 0.05) is 24.4 Å². The number of aryl methyl sites for hydroxylation is 1. The molecule has 0 fully saturated rings. The molecule has 0 amide bonds. The highest BCUT2D eigenvalue weighted by Crippen LogP contribution is 2.21. The van der Waals surface area contributed by atoms with Gasteiger partial charge in [0.15, 0.2) is 5.82 Å². The first-order valence-electron chi connectivity index (χ1n) is 15.4. The van der Waals surface area contributed by atoms with Crippen LogP contribution in [0.1, 0.15) is 135 Å². The van der Waals surface area contributed by atoms with E-state index in [0.717, 1.165) is 36.4 Å². The average Bonchev–Trinajstić information content (AvgIpc) is 2.92. The third-order valence-electron chi connectivity index (χ3n) is 7.21. The lowest BCUT2D eigenvalue weighted by atomic mass is 10.0. The van der Waals surface area contributed by atoms with Gasteiger partial charge in [0.05, 0.1) is 6.61 Å². The predicted molar refractivity (Wildman–Crippen MR) is 156 cm³/mol. The lowest BCUT2D eigenvalue weighted by molar-refractivity contribution is 0.222. The second-order valence-corrected chi connectivity index (χ2v) is 10.7. The summed E-state index contributed by atoms with van der Waals surface area (Å²) in [6, 6.07) is 7.82. The summed E-state index contributed by atoms with van der Waals surface area (Å²) in [4.78, 5) is 9.16. The van der Waals surface area contributed by atoms with Gasteiger partial charge in [-0.05, 0) is 49.1 Å². The van der Waals surface area contributed by atoms with Crippen molar-refractivity contribution >= 4 is 0 Å². The Bertz CT molecular complexity index is 778. The molecular weight excluding hydrogens is 459 g/mol. The third kappa shape index (κ3) is 15.1. The van der Waals surface area contributed by atoms with Crippen LogP contribution in [0.25, 0.3) is 11.4 Å². The van der Waals surface area contributed by atoms with Crippen molar-refractivity contribution in [2.75, 3.05) is 6.61 Å². The average molecular weight is 513 g/mol. The van der Waals surface area contributed by atoms with E-state index in [-0.39, 0.29) is 0 Å². The van der Waals surface area contributed by atoms with Gasteiger partial charge < -0.3 is 4.74 Å². The van der Waals surface area contributed by atoms with Crippen LogP contribution in [-0.4, -0.2) is 22.7 Å². The Balaban J connectivity index is 1.57. The molecule has 1 atom stereocenters. The Labute approximate surface area is 227 Å². The number of hydrogen-bond acceptors (Lipinski definition) is 3. The van der Waals surface area contributed by atoms with Gasteiger partial charge in [0.2, 0.25) is 0 Å². The van der Waals surface area contributed by atoms with E-state index in [4.69, 9.17) is 4.74 Å². The summed E-state index contributed by atoms with van der Waals surface area (Å²) in [7, 11) is 0. The fourth-order valence-electron chi connectivity index (χ4n) is 4.74. The van der Waals surface area contributed by atoms with Gasteiger partial charge in [0.25, 0.3) is 0 Å². The first kappa shape index (κ1) is 31.2. The molecule has 3 nitrogen and oxygen atoms in total. The molecule has 1 heterocycles. The van der Waals surface area contributed by atoms with Gasteiger partial charge in [-0.1, -0.05) is 110 Å². The number of alkyl halides is 1. The highest BCUT2D eigenvalue weighted by Gasteiger charge is 2.07. The Kier molecular flexibility index (Phi) is 17.7. The van der Waals surface area contributed by atoms with Crippen LogP contribution in [0.5, 0.6) is 5.75 Å². The summed E-state index contributed by atoms with van der Waals surface area (Å²) >= 11 is 0. The van der Waals surface area contributed by atoms with Crippen LogP contribution >= 0.6 is 0 Å². The maximum atomic E-state index is 14.1. The molecule has 0 radical (unpaired) electrons. The van der Waals surface area contributed by atoms with Crippen molar-refractivity contribution in [1.82, 2.24) is 9.97 Å². The Morgan fingerprint density at radius 2 is 1.16 bits per heavy atom. The smallest absolute Gasteiger partial charge is 0.159 e. The molecule has 0 saturated heterocycles. The fourth-order valence-corrected chi connectivity index (χ4v) is 4.74. The maximum absolute atomic E-state index is 14.1. The van der Waals surface area contributed by atoms with E-state index in [1.807, 2.05) is 36.7 Å². The number of hydrogen-bond donors (Lipinski definition) is 0. The monoisotopic (exact) mass is 512 g/mol. The normalized spacial score (nSPS) is 12.1. The van der Waals surface area contributed by atoms with E-state index in [2.05, 4.69) is 23.8 Å². The zero-order valence-electron chi connectivity index (χ0n) is 23.9. The van der Waals surface area contributed by atoms with Crippen LogP contribution < -0.4 is 4.74 Å². The van der Waals surface area contributed by atoms with Crippen molar-refractivity contribution in [3.05, 3.63) is 42.2 Å². The Morgan fingerprint density at radius 3 is 1.73 bits per heavy atom. The topological polar surface area (TPSA) is 35.0 Å². The van der Waals surface area contributed by atoms with E-state index in [0.29, 0.717) is 19.4 Å². The molecule has 1 unspecified atom stereocenters. The van der Waals surface area contributed by atoms with E-state index in [1.54, 1.807) is 0 Å². The first-order chi connectivity index (χ1) is 18.2. The van der Waals surface area contributed by atoms with Gasteiger partial charge in [-0.25, -0.2) is 14.4 Å². The summed E-state index contributed by atoms with van der Waals surface area (Å²) in [5, 5.41) is 0. The lowest BCUT2D eigenvalue weighted by Crippen LogP contribution is -2.07. The number of unbranched alkanes of at least 4 members (excludes halogenated alkanes) is 14. The van der Waals surface area contributed by atoms with Crippen LogP contribution in [-0.2, 0) is 6.42 Å². The van der Waals surface area contributed by atoms with Crippen molar-refractivity contribution in [2.24, 2.45) is 0 Å². The van der Waals surface area contributed by atoms with Crippen LogP contribution in [0.3, 0.4) is 0 Å². The van der Waals surface area contributed by atoms with Crippen molar-refractivity contribution < 1.29 is 9.13 Å². The van der Waals surface area contributed by atoms with E-state index < -0.39 is 6.17 Å². The molecule has 0 N–H and O–H groups in total. The minimum Gasteiger partial charge on any atom is -0.493 e. The molecule has 4 heteroatoms. The predicted octanol–water partition coefficient (Wildman–Crippen LogP) is 10.5. The van der Waals surface area contributed by atoms with Gasteiger partial charge in [-0.2, -0.15) is 0 Å². The van der Waals surface area contributed by atoms with Crippen LogP contribution in [0.2, 0.25) is 0 Å². The van der Waals surface area contributed by atoms with Gasteiger partial charge in [-0.15, -0.1) is 0 Å². The minimum absolute atomic E-state index is 0.417. The van der Waals surface area contributed by atoms with Crippen molar-refractivity contribution in [1.29, 1.82) is 0 Å². The number of halogens is 1. The Morgan fingerprint density at radius 1 is 0.649 bits per heavy atom. The second-order valence-electron chi connectivity index (χ2n) is 10.7. The molecule has 208 valence electrons. The van der Waals surface area contributed by atoms with E-state index in [9.17, 15) is 4.39 Å². The second kappa shape index (κ2) is 21.0. The number of aromatic nitrogens is 2. The SMILES string of the molecule is CCCCCCCCCCCCc1cnc(-c2ccc(OCCC(F)CCCCCCCC)cc2)nc1. The quantitative estimate of drug-likeness (QED) is 0.139. The fraction of sp³-hybridized carbons (Fsp3) is 0.697. The van der Waals surface area contributed by atoms with Gasteiger partial charge in [-0.3, -0.25) is 0 Å². The van der Waals surface area contributed by atoms with Gasteiger partial charge in [0.1, 0.15) is 11.9 Å². The number of nitrogens with zero attached hydrogens (tertiary/aromatic N) is 2. The molecule has 0 bridgehead atoms. The summed E-state index contributed by atoms with van der Waals surface area (Å²) in [5.74, 6) is 1.51. The van der Waals surface area contributed by atoms with Crippen LogP contribution in [0.15, 0.2) is 36.7 Å². The minimum atomic E-state index is -0.766. The zero-order chi connectivity index (χ0) is 26.4. The van der Waals surface area contributed by atoms with Gasteiger partial charge >= 0.3 is 0 Å². The third-order valence-corrected chi connectivity index (χ3v) is 7.21. The standard InChI is InChI=1S/C33H53FN2O/c1-3-5-7-9-11-12-13-14-15-17-19-29-27-35-33(36-28-29)30-21-23-32(24-22-30)37-26-25-31(34)20-18-16-10-8-6-4-2/h21-24,27-28,31H,3-20,25-26H2,1-2H3. The largest absolute Gasteiger partial charge is 0.493 e. The maximum Gasteiger partial charge on any atom is 0.159 e. The van der Waals surface area contributed by atoms with Crippen molar-refractivity contribution in [2.45, 2.75) is 142 Å². The number of rotatable bonds is 23. The summed E-state index contributed by atoms with van der Waals surface area (Å²) < 4.78 is 19.9. The van der Waals surface area contributed by atoms with Crippen molar-refractivity contribution in [3.63, 3.8) is 0 Å². The van der Waals surface area contributed by atoms with Crippen molar-refractivity contribution in [3.8, 4) is 17.1 Å².